The molecule has 0 bridgehead atoms. The molecule has 3 rings (SSSR count). The van der Waals surface area contributed by atoms with E-state index in [2.05, 4.69) is 21.0 Å². The van der Waals surface area contributed by atoms with Gasteiger partial charge in [0.25, 0.3) is 0 Å². The van der Waals surface area contributed by atoms with Crippen molar-refractivity contribution >= 4 is 33.3 Å². The van der Waals surface area contributed by atoms with Gasteiger partial charge in [0.05, 0.1) is 15.2 Å². The Morgan fingerprint density at radius 1 is 1.28 bits per heavy atom. The Hall–Kier alpha value is -1.000. The first kappa shape index (κ1) is 12.1. The van der Waals surface area contributed by atoms with Gasteiger partial charge in [-0.25, -0.2) is 4.68 Å². The van der Waals surface area contributed by atoms with Crippen LogP contribution >= 0.6 is 27.5 Å². The van der Waals surface area contributed by atoms with Crippen molar-refractivity contribution in [1.29, 1.82) is 0 Å². The number of nitrogens with two attached hydrogens (primary N) is 1. The van der Waals surface area contributed by atoms with Gasteiger partial charge in [0.2, 0.25) is 0 Å². The standard InChI is InChI=1S/C13H13BrClN3/c14-12-9(15)5-3-7-11(12)18-10-6-2-1-4-8(10)13(16)17-18/h3,5,7H,1-2,4,6H2,(H2,16,17). The fourth-order valence-corrected chi connectivity index (χ4v) is 3.08. The molecule has 0 saturated carbocycles. The van der Waals surface area contributed by atoms with Crippen LogP contribution in [0.25, 0.3) is 5.69 Å². The largest absolute Gasteiger partial charge is 0.382 e. The van der Waals surface area contributed by atoms with Crippen molar-refractivity contribution in [3.8, 4) is 5.69 Å². The molecule has 0 saturated heterocycles. The van der Waals surface area contributed by atoms with E-state index in [1.54, 1.807) is 0 Å². The zero-order valence-corrected chi connectivity index (χ0v) is 12.1. The van der Waals surface area contributed by atoms with Gasteiger partial charge in [-0.15, -0.1) is 0 Å². The van der Waals surface area contributed by atoms with Crippen LogP contribution in [0.3, 0.4) is 0 Å². The Morgan fingerprint density at radius 2 is 2.06 bits per heavy atom. The summed E-state index contributed by atoms with van der Waals surface area (Å²) >= 11 is 9.65. The molecule has 0 atom stereocenters. The number of anilines is 1. The van der Waals surface area contributed by atoms with Gasteiger partial charge in [-0.2, -0.15) is 5.10 Å². The molecule has 0 radical (unpaired) electrons. The Labute approximate surface area is 119 Å². The minimum absolute atomic E-state index is 0.650. The Morgan fingerprint density at radius 3 is 2.89 bits per heavy atom. The maximum absolute atomic E-state index is 6.13. The van der Waals surface area contributed by atoms with Crippen molar-refractivity contribution in [2.45, 2.75) is 25.7 Å². The quantitative estimate of drug-likeness (QED) is 0.867. The highest BCUT2D eigenvalue weighted by atomic mass is 79.9. The Kier molecular flexibility index (Phi) is 3.08. The number of halogens is 2. The number of aromatic nitrogens is 2. The highest BCUT2D eigenvalue weighted by molar-refractivity contribution is 9.10. The summed E-state index contributed by atoms with van der Waals surface area (Å²) in [7, 11) is 0. The number of benzene rings is 1. The maximum atomic E-state index is 6.13. The first-order chi connectivity index (χ1) is 8.68. The molecule has 0 spiro atoms. The Bertz CT molecular complexity index is 607. The molecule has 1 aromatic carbocycles. The van der Waals surface area contributed by atoms with Crippen LogP contribution in [0.4, 0.5) is 5.82 Å². The predicted octanol–water partition coefficient (Wildman–Crippen LogP) is 3.75. The van der Waals surface area contributed by atoms with Crippen molar-refractivity contribution < 1.29 is 0 Å². The van der Waals surface area contributed by atoms with E-state index in [0.717, 1.165) is 23.0 Å². The van der Waals surface area contributed by atoms with Crippen LogP contribution in [0.1, 0.15) is 24.1 Å². The number of fused-ring (bicyclic) bond motifs is 1. The number of hydrogen-bond acceptors (Lipinski definition) is 2. The van der Waals surface area contributed by atoms with E-state index >= 15 is 0 Å². The second kappa shape index (κ2) is 4.59. The van der Waals surface area contributed by atoms with Crippen LogP contribution in [0, 0.1) is 0 Å². The number of hydrogen-bond donors (Lipinski definition) is 1. The minimum atomic E-state index is 0.650. The molecule has 1 aliphatic rings. The summed E-state index contributed by atoms with van der Waals surface area (Å²) in [5.74, 6) is 0.650. The molecule has 1 aliphatic carbocycles. The summed E-state index contributed by atoms with van der Waals surface area (Å²) in [6, 6.07) is 5.78. The highest BCUT2D eigenvalue weighted by Crippen LogP contribution is 2.33. The number of nitrogen functional groups attached to an aromatic ring is 1. The van der Waals surface area contributed by atoms with Crippen LogP contribution in [0.15, 0.2) is 22.7 Å². The zero-order chi connectivity index (χ0) is 12.7. The molecule has 18 heavy (non-hydrogen) atoms. The lowest BCUT2D eigenvalue weighted by Gasteiger charge is -2.15. The average molecular weight is 327 g/mol. The van der Waals surface area contributed by atoms with Crippen LogP contribution in [0.2, 0.25) is 5.02 Å². The lowest BCUT2D eigenvalue weighted by atomic mass is 9.97. The van der Waals surface area contributed by atoms with Gasteiger partial charge in [0.15, 0.2) is 0 Å². The molecule has 0 unspecified atom stereocenters. The van der Waals surface area contributed by atoms with Crippen molar-refractivity contribution in [2.24, 2.45) is 0 Å². The van der Waals surface area contributed by atoms with E-state index in [9.17, 15) is 0 Å². The summed E-state index contributed by atoms with van der Waals surface area (Å²) in [6.07, 6.45) is 4.44. The normalized spacial score (nSPS) is 14.6. The van der Waals surface area contributed by atoms with Crippen molar-refractivity contribution in [2.75, 3.05) is 5.73 Å². The van der Waals surface area contributed by atoms with E-state index < -0.39 is 0 Å². The van der Waals surface area contributed by atoms with Gasteiger partial charge in [0.1, 0.15) is 5.82 Å². The molecule has 0 aliphatic heterocycles. The molecule has 2 aromatic rings. The number of nitrogens with zero attached hydrogens (tertiary/aromatic N) is 2. The van der Waals surface area contributed by atoms with Gasteiger partial charge in [0, 0.05) is 11.3 Å². The molecular formula is C13H13BrClN3. The minimum Gasteiger partial charge on any atom is -0.382 e. The molecule has 2 N–H and O–H groups in total. The van der Waals surface area contributed by atoms with Crippen LogP contribution in [-0.4, -0.2) is 9.78 Å². The van der Waals surface area contributed by atoms with E-state index in [1.807, 2.05) is 22.9 Å². The van der Waals surface area contributed by atoms with Crippen molar-refractivity contribution in [3.63, 3.8) is 0 Å². The summed E-state index contributed by atoms with van der Waals surface area (Å²) in [4.78, 5) is 0. The third-order valence-electron chi connectivity index (χ3n) is 3.37. The van der Waals surface area contributed by atoms with Crippen LogP contribution < -0.4 is 5.73 Å². The Balaban J connectivity index is 2.20. The zero-order valence-electron chi connectivity index (χ0n) is 9.79. The molecule has 0 fully saturated rings. The van der Waals surface area contributed by atoms with E-state index in [4.69, 9.17) is 17.3 Å². The van der Waals surface area contributed by atoms with E-state index in [0.29, 0.717) is 10.8 Å². The lowest BCUT2D eigenvalue weighted by molar-refractivity contribution is 0.653. The van der Waals surface area contributed by atoms with Gasteiger partial charge >= 0.3 is 0 Å². The van der Waals surface area contributed by atoms with Crippen molar-refractivity contribution in [3.05, 3.63) is 39.0 Å². The smallest absolute Gasteiger partial charge is 0.149 e. The van der Waals surface area contributed by atoms with E-state index in [1.165, 1.54) is 24.1 Å². The molecule has 0 amide bonds. The van der Waals surface area contributed by atoms with E-state index in [-0.39, 0.29) is 0 Å². The summed E-state index contributed by atoms with van der Waals surface area (Å²) < 4.78 is 2.79. The molecule has 3 nitrogen and oxygen atoms in total. The predicted molar refractivity (Wildman–Crippen MR) is 77.3 cm³/mol. The third kappa shape index (κ3) is 1.84. The van der Waals surface area contributed by atoms with Gasteiger partial charge in [-0.1, -0.05) is 17.7 Å². The topological polar surface area (TPSA) is 43.8 Å². The molecule has 94 valence electrons. The third-order valence-corrected chi connectivity index (χ3v) is 4.75. The summed E-state index contributed by atoms with van der Waals surface area (Å²) in [5, 5.41) is 5.16. The first-order valence-electron chi connectivity index (χ1n) is 5.99. The highest BCUT2D eigenvalue weighted by Gasteiger charge is 2.21. The second-order valence-electron chi connectivity index (χ2n) is 4.50. The monoisotopic (exact) mass is 325 g/mol. The van der Waals surface area contributed by atoms with Gasteiger partial charge < -0.3 is 5.73 Å². The maximum Gasteiger partial charge on any atom is 0.149 e. The SMILES string of the molecule is Nc1nn(-c2cccc(Cl)c2Br)c2c1CCCC2. The van der Waals surface area contributed by atoms with Gasteiger partial charge in [-0.3, -0.25) is 0 Å². The first-order valence-corrected chi connectivity index (χ1v) is 7.16. The fraction of sp³-hybridized carbons (Fsp3) is 0.308. The average Bonchev–Trinajstić information content (AvgIpc) is 2.71. The summed E-state index contributed by atoms with van der Waals surface area (Å²) in [5.41, 5.74) is 9.39. The molecule has 1 heterocycles. The second-order valence-corrected chi connectivity index (χ2v) is 5.70. The molecule has 1 aromatic heterocycles. The van der Waals surface area contributed by atoms with Crippen molar-refractivity contribution in [1.82, 2.24) is 9.78 Å². The van der Waals surface area contributed by atoms with Crippen LogP contribution in [0.5, 0.6) is 0 Å². The summed E-state index contributed by atoms with van der Waals surface area (Å²) in [6.45, 7) is 0. The number of rotatable bonds is 1. The fourth-order valence-electron chi connectivity index (χ4n) is 2.48. The lowest BCUT2D eigenvalue weighted by Crippen LogP contribution is -2.08. The molecule has 5 heteroatoms. The molecular weight excluding hydrogens is 314 g/mol. The van der Waals surface area contributed by atoms with Gasteiger partial charge in [-0.05, 0) is 53.7 Å². The van der Waals surface area contributed by atoms with Crippen LogP contribution in [-0.2, 0) is 12.8 Å².